The highest BCUT2D eigenvalue weighted by molar-refractivity contribution is 6.35. The average molecular weight is 324 g/mol. The van der Waals surface area contributed by atoms with Crippen LogP contribution in [0.3, 0.4) is 0 Å². The van der Waals surface area contributed by atoms with E-state index in [2.05, 4.69) is 45.5 Å². The van der Waals surface area contributed by atoms with Crippen molar-refractivity contribution in [3.63, 3.8) is 0 Å². The molecule has 1 heterocycles. The average Bonchev–Trinajstić information content (AvgIpc) is 3.00. The van der Waals surface area contributed by atoms with Gasteiger partial charge in [0.25, 0.3) is 0 Å². The molecule has 116 valence electrons. The van der Waals surface area contributed by atoms with Crippen LogP contribution >= 0.6 is 11.6 Å². The largest absolute Gasteiger partial charge is 0.371 e. The molecule has 0 amide bonds. The molecule has 2 N–H and O–H groups in total. The summed E-state index contributed by atoms with van der Waals surface area (Å²) in [6.45, 7) is 8.23. The Balaban J connectivity index is 2.12. The minimum absolute atomic E-state index is 0.249. The molecule has 0 radical (unpaired) electrons. The van der Waals surface area contributed by atoms with E-state index in [1.54, 1.807) is 6.20 Å². The van der Waals surface area contributed by atoms with Gasteiger partial charge in [0.15, 0.2) is 0 Å². The number of aromatic amines is 1. The Kier molecular flexibility index (Phi) is 4.66. The van der Waals surface area contributed by atoms with Crippen molar-refractivity contribution in [3.05, 3.63) is 76.2 Å². The molecule has 0 saturated carbocycles. The minimum Gasteiger partial charge on any atom is -0.371 e. The van der Waals surface area contributed by atoms with Gasteiger partial charge in [0.1, 0.15) is 0 Å². The van der Waals surface area contributed by atoms with Crippen LogP contribution < -0.4 is 5.32 Å². The van der Waals surface area contributed by atoms with Gasteiger partial charge in [-0.15, -0.1) is 0 Å². The number of H-pyrrole nitrogens is 1. The second-order valence-corrected chi connectivity index (χ2v) is 5.97. The normalized spacial score (nSPS) is 12.2. The molecule has 3 rings (SSSR count). The Morgan fingerprint density at radius 1 is 1.22 bits per heavy atom. The van der Waals surface area contributed by atoms with Crippen molar-refractivity contribution in [2.75, 3.05) is 13.6 Å². The fraction of sp³-hybridized carbons (Fsp3) is 0.211. The molecule has 2 aromatic carbocycles. The molecule has 3 aromatic rings. The molecule has 3 nitrogen and oxygen atoms in total. The second kappa shape index (κ2) is 6.87. The number of rotatable bonds is 5. The zero-order chi connectivity index (χ0) is 16.2. The van der Waals surface area contributed by atoms with Gasteiger partial charge in [-0.3, -0.25) is 0 Å². The van der Waals surface area contributed by atoms with E-state index in [1.807, 2.05) is 19.2 Å². The summed E-state index contributed by atoms with van der Waals surface area (Å²) < 4.78 is 0. The number of benzene rings is 2. The van der Waals surface area contributed by atoms with Gasteiger partial charge in [-0.2, -0.15) is 0 Å². The fourth-order valence-corrected chi connectivity index (χ4v) is 3.27. The molecular formula is C19H18ClN3. The summed E-state index contributed by atoms with van der Waals surface area (Å²) in [6, 6.07) is 14.5. The summed E-state index contributed by atoms with van der Waals surface area (Å²) in [5, 5.41) is 4.78. The van der Waals surface area contributed by atoms with Crippen LogP contribution in [0.25, 0.3) is 15.7 Å². The predicted molar refractivity (Wildman–Crippen MR) is 96.4 cm³/mol. The highest BCUT2D eigenvalue weighted by atomic mass is 35.5. The summed E-state index contributed by atoms with van der Waals surface area (Å²) in [5.41, 5.74) is 3.86. The first kappa shape index (κ1) is 15.6. The lowest BCUT2D eigenvalue weighted by atomic mass is 9.88. The Morgan fingerprint density at radius 3 is 2.70 bits per heavy atom. The van der Waals surface area contributed by atoms with E-state index in [0.29, 0.717) is 10.7 Å². The monoisotopic (exact) mass is 323 g/mol. The first-order valence-electron chi connectivity index (χ1n) is 7.62. The maximum Gasteiger partial charge on any atom is 0.211 e. The Bertz CT molecular complexity index is 846. The maximum absolute atomic E-state index is 7.32. The number of aromatic nitrogens is 1. The number of fused-ring (bicyclic) bond motifs is 1. The summed E-state index contributed by atoms with van der Waals surface area (Å²) in [6.07, 6.45) is 2.69. The maximum atomic E-state index is 7.32. The zero-order valence-corrected chi connectivity index (χ0v) is 13.7. The Hall–Kier alpha value is -2.28. The Labute approximate surface area is 141 Å². The van der Waals surface area contributed by atoms with Crippen molar-refractivity contribution in [1.29, 1.82) is 0 Å². The molecule has 23 heavy (non-hydrogen) atoms. The summed E-state index contributed by atoms with van der Waals surface area (Å²) >= 11 is 6.45. The number of hydrogen-bond donors (Lipinski definition) is 2. The van der Waals surface area contributed by atoms with E-state index in [4.69, 9.17) is 18.2 Å². The van der Waals surface area contributed by atoms with Crippen molar-refractivity contribution < 1.29 is 0 Å². The van der Waals surface area contributed by atoms with Crippen LogP contribution in [0.1, 0.15) is 23.5 Å². The Morgan fingerprint density at radius 2 is 2.00 bits per heavy atom. The van der Waals surface area contributed by atoms with E-state index >= 15 is 0 Å². The van der Waals surface area contributed by atoms with Gasteiger partial charge in [0, 0.05) is 17.5 Å². The third-order valence-corrected chi connectivity index (χ3v) is 4.45. The molecule has 0 aliphatic rings. The standard InChI is InChI=1S/C19H18ClN3/c1-21-9-8-15(13-6-4-3-5-7-13)14-10-16-18(22-2)12-23-19(16)17(20)11-14/h3-7,10-12,15,21,23H,8-9H2,1H3. The number of halogens is 1. The first-order chi connectivity index (χ1) is 11.2. The summed E-state index contributed by atoms with van der Waals surface area (Å²) in [7, 11) is 1.96. The molecule has 4 heteroatoms. The smallest absolute Gasteiger partial charge is 0.211 e. The lowest BCUT2D eigenvalue weighted by Gasteiger charge is -2.19. The van der Waals surface area contributed by atoms with E-state index in [0.717, 1.165) is 29.4 Å². The minimum atomic E-state index is 0.249. The van der Waals surface area contributed by atoms with E-state index in [1.165, 1.54) is 5.56 Å². The molecule has 1 unspecified atom stereocenters. The van der Waals surface area contributed by atoms with Crippen LogP contribution in [0.5, 0.6) is 0 Å². The van der Waals surface area contributed by atoms with Gasteiger partial charge >= 0.3 is 0 Å². The molecule has 0 saturated heterocycles. The van der Waals surface area contributed by atoms with E-state index < -0.39 is 0 Å². The molecule has 0 aliphatic heterocycles. The lowest BCUT2D eigenvalue weighted by molar-refractivity contribution is 0.662. The second-order valence-electron chi connectivity index (χ2n) is 5.57. The van der Waals surface area contributed by atoms with Gasteiger partial charge in [0.05, 0.1) is 17.1 Å². The van der Waals surface area contributed by atoms with Gasteiger partial charge in [0.2, 0.25) is 5.69 Å². The SMILES string of the molecule is [C-]#[N+]c1c[nH]c2c(Cl)cc(C(CCNC)c3ccccc3)cc12. The van der Waals surface area contributed by atoms with Gasteiger partial charge in [-0.1, -0.05) is 48.0 Å². The molecule has 0 bridgehead atoms. The summed E-state index contributed by atoms with van der Waals surface area (Å²) in [5.74, 6) is 0.249. The highest BCUT2D eigenvalue weighted by Crippen LogP contribution is 2.37. The van der Waals surface area contributed by atoms with Crippen LogP contribution in [-0.2, 0) is 0 Å². The molecule has 1 atom stereocenters. The molecular weight excluding hydrogens is 306 g/mol. The van der Waals surface area contributed by atoms with Gasteiger partial charge < -0.3 is 10.3 Å². The van der Waals surface area contributed by atoms with Crippen molar-refractivity contribution in [2.24, 2.45) is 0 Å². The van der Waals surface area contributed by atoms with Crippen LogP contribution in [0, 0.1) is 6.57 Å². The van der Waals surface area contributed by atoms with Crippen LogP contribution in [0.15, 0.2) is 48.7 Å². The number of hydrogen-bond acceptors (Lipinski definition) is 1. The van der Waals surface area contributed by atoms with Gasteiger partial charge in [-0.25, -0.2) is 4.85 Å². The topological polar surface area (TPSA) is 32.2 Å². The van der Waals surface area contributed by atoms with Crippen LogP contribution in [-0.4, -0.2) is 18.6 Å². The quantitative estimate of drug-likeness (QED) is 0.628. The van der Waals surface area contributed by atoms with E-state index in [-0.39, 0.29) is 5.92 Å². The molecule has 1 aromatic heterocycles. The fourth-order valence-electron chi connectivity index (χ4n) is 2.99. The van der Waals surface area contributed by atoms with Crippen molar-refractivity contribution in [1.82, 2.24) is 10.3 Å². The van der Waals surface area contributed by atoms with E-state index in [9.17, 15) is 0 Å². The molecule has 0 fully saturated rings. The zero-order valence-electron chi connectivity index (χ0n) is 12.9. The number of nitrogens with zero attached hydrogens (tertiary/aromatic N) is 1. The molecule has 0 aliphatic carbocycles. The van der Waals surface area contributed by atoms with Crippen LogP contribution in [0.4, 0.5) is 5.69 Å². The third-order valence-electron chi connectivity index (χ3n) is 4.15. The summed E-state index contributed by atoms with van der Waals surface area (Å²) in [4.78, 5) is 6.68. The van der Waals surface area contributed by atoms with Crippen molar-refractivity contribution >= 4 is 28.2 Å². The van der Waals surface area contributed by atoms with Crippen molar-refractivity contribution in [3.8, 4) is 0 Å². The first-order valence-corrected chi connectivity index (χ1v) is 8.00. The lowest BCUT2D eigenvalue weighted by Crippen LogP contribution is -2.13. The molecule has 0 spiro atoms. The van der Waals surface area contributed by atoms with Gasteiger partial charge in [-0.05, 0) is 37.2 Å². The predicted octanol–water partition coefficient (Wildman–Crippen LogP) is 5.11. The van der Waals surface area contributed by atoms with Crippen LogP contribution in [0.2, 0.25) is 5.02 Å². The highest BCUT2D eigenvalue weighted by Gasteiger charge is 2.17. The van der Waals surface area contributed by atoms with Crippen molar-refractivity contribution in [2.45, 2.75) is 12.3 Å². The number of nitrogens with one attached hydrogen (secondary N) is 2. The third kappa shape index (κ3) is 3.10.